The summed E-state index contributed by atoms with van der Waals surface area (Å²) in [5, 5.41) is 4.03. The van der Waals surface area contributed by atoms with Crippen LogP contribution in [0.25, 0.3) is 20.0 Å². The first-order valence-electron chi connectivity index (χ1n) is 4.38. The van der Waals surface area contributed by atoms with Crippen LogP contribution in [0.15, 0.2) is 29.9 Å². The maximum atomic E-state index is 5.80. The summed E-state index contributed by atoms with van der Waals surface area (Å²) in [5.74, 6) is 0.589. The van der Waals surface area contributed by atoms with Crippen molar-refractivity contribution in [2.75, 3.05) is 5.73 Å². The monoisotopic (exact) mass is 233 g/mol. The number of rotatable bonds is 1. The first-order valence-corrected chi connectivity index (χ1v) is 6.08. The summed E-state index contributed by atoms with van der Waals surface area (Å²) >= 11 is 3.33. The number of fused-ring (bicyclic) bond motifs is 1. The lowest BCUT2D eigenvalue weighted by atomic mass is 10.3. The quantitative estimate of drug-likeness (QED) is 0.703. The second kappa shape index (κ2) is 3.29. The van der Waals surface area contributed by atoms with Crippen molar-refractivity contribution in [2.45, 2.75) is 0 Å². The number of nitrogens with two attached hydrogens (primary N) is 1. The number of anilines is 1. The average molecular weight is 233 g/mol. The van der Waals surface area contributed by atoms with Gasteiger partial charge in [-0.1, -0.05) is 0 Å². The molecule has 5 heteroatoms. The van der Waals surface area contributed by atoms with E-state index in [0.717, 1.165) is 20.0 Å². The summed E-state index contributed by atoms with van der Waals surface area (Å²) in [4.78, 5) is 9.50. The first kappa shape index (κ1) is 8.82. The molecule has 0 spiro atoms. The Balaban J connectivity index is 2.27. The molecule has 0 aliphatic carbocycles. The van der Waals surface area contributed by atoms with Crippen molar-refractivity contribution >= 4 is 38.6 Å². The van der Waals surface area contributed by atoms with Gasteiger partial charge in [-0.2, -0.15) is 0 Å². The number of thiophene rings is 1. The molecule has 0 unspecified atom stereocenters. The second-order valence-electron chi connectivity index (χ2n) is 3.06. The van der Waals surface area contributed by atoms with Gasteiger partial charge in [0, 0.05) is 27.9 Å². The first-order chi connectivity index (χ1) is 7.34. The third kappa shape index (κ3) is 1.40. The predicted octanol–water partition coefficient (Wildman–Crippen LogP) is 3.00. The van der Waals surface area contributed by atoms with Crippen LogP contribution in [-0.2, 0) is 0 Å². The number of thiazole rings is 1. The van der Waals surface area contributed by atoms with Crippen LogP contribution in [0.1, 0.15) is 0 Å². The molecular formula is C10H7N3S2. The Hall–Kier alpha value is -1.46. The van der Waals surface area contributed by atoms with Gasteiger partial charge in [-0.3, -0.25) is 0 Å². The highest BCUT2D eigenvalue weighted by Crippen LogP contribution is 2.35. The van der Waals surface area contributed by atoms with E-state index in [0.29, 0.717) is 5.82 Å². The molecular weight excluding hydrogens is 226 g/mol. The molecule has 3 aromatic heterocycles. The molecule has 0 aliphatic rings. The molecule has 2 N–H and O–H groups in total. The van der Waals surface area contributed by atoms with Crippen LogP contribution in [0.2, 0.25) is 0 Å². The van der Waals surface area contributed by atoms with Crippen molar-refractivity contribution in [3.8, 4) is 9.88 Å². The van der Waals surface area contributed by atoms with Crippen LogP contribution in [0.4, 0.5) is 5.82 Å². The molecule has 0 bridgehead atoms. The largest absolute Gasteiger partial charge is 0.383 e. The van der Waals surface area contributed by atoms with E-state index in [4.69, 9.17) is 5.73 Å². The summed E-state index contributed by atoms with van der Waals surface area (Å²) in [6.07, 6.45) is 3.55. The standard InChI is InChI=1S/C10H7N3S2/c11-9-6-5-8(10-13-3-4-14-10)15-7(6)1-2-12-9/h1-5H,(H2,11,12). The summed E-state index contributed by atoms with van der Waals surface area (Å²) < 4.78 is 1.16. The van der Waals surface area contributed by atoms with Crippen LogP contribution in [-0.4, -0.2) is 9.97 Å². The normalized spacial score (nSPS) is 10.9. The summed E-state index contributed by atoms with van der Waals surface area (Å²) in [6.45, 7) is 0. The van der Waals surface area contributed by atoms with Gasteiger partial charge >= 0.3 is 0 Å². The van der Waals surface area contributed by atoms with Crippen LogP contribution in [0.3, 0.4) is 0 Å². The number of aromatic nitrogens is 2. The molecule has 0 atom stereocenters. The molecule has 0 amide bonds. The lowest BCUT2D eigenvalue weighted by molar-refractivity contribution is 1.37. The molecule has 74 valence electrons. The molecule has 3 nitrogen and oxygen atoms in total. The molecule has 0 saturated heterocycles. The van der Waals surface area contributed by atoms with E-state index in [1.807, 2.05) is 17.6 Å². The van der Waals surface area contributed by atoms with E-state index >= 15 is 0 Å². The Labute approximate surface area is 94.2 Å². The minimum absolute atomic E-state index is 0.589. The van der Waals surface area contributed by atoms with Gasteiger partial charge in [-0.25, -0.2) is 9.97 Å². The van der Waals surface area contributed by atoms with Crippen molar-refractivity contribution in [3.05, 3.63) is 29.9 Å². The Kier molecular flexibility index (Phi) is 1.93. The molecule has 0 aromatic carbocycles. The van der Waals surface area contributed by atoms with Gasteiger partial charge in [-0.05, 0) is 12.1 Å². The third-order valence-electron chi connectivity index (χ3n) is 2.12. The van der Waals surface area contributed by atoms with Crippen LogP contribution < -0.4 is 5.73 Å². The molecule has 0 aliphatic heterocycles. The highest BCUT2D eigenvalue weighted by Gasteiger charge is 2.08. The van der Waals surface area contributed by atoms with Crippen LogP contribution >= 0.6 is 22.7 Å². The van der Waals surface area contributed by atoms with Gasteiger partial charge in [0.05, 0.1) is 4.88 Å². The molecule has 3 heterocycles. The molecule has 3 aromatic rings. The van der Waals surface area contributed by atoms with Gasteiger partial charge in [0.1, 0.15) is 10.8 Å². The maximum Gasteiger partial charge on any atom is 0.133 e. The Bertz CT molecular complexity index is 598. The number of nitrogen functional groups attached to an aromatic ring is 1. The molecule has 3 rings (SSSR count). The highest BCUT2D eigenvalue weighted by atomic mass is 32.1. The van der Waals surface area contributed by atoms with Crippen LogP contribution in [0.5, 0.6) is 0 Å². The van der Waals surface area contributed by atoms with E-state index in [1.165, 1.54) is 0 Å². The Morgan fingerprint density at radius 1 is 1.20 bits per heavy atom. The lowest BCUT2D eigenvalue weighted by Gasteiger charge is -1.91. The van der Waals surface area contributed by atoms with Crippen molar-refractivity contribution in [1.29, 1.82) is 0 Å². The second-order valence-corrected chi connectivity index (χ2v) is 5.03. The summed E-state index contributed by atoms with van der Waals surface area (Å²) in [6, 6.07) is 4.04. The lowest BCUT2D eigenvalue weighted by Crippen LogP contribution is -1.87. The zero-order chi connectivity index (χ0) is 10.3. The molecule has 15 heavy (non-hydrogen) atoms. The van der Waals surface area contributed by atoms with E-state index in [-0.39, 0.29) is 0 Å². The van der Waals surface area contributed by atoms with E-state index in [2.05, 4.69) is 16.0 Å². The van der Waals surface area contributed by atoms with Crippen molar-refractivity contribution in [3.63, 3.8) is 0 Å². The van der Waals surface area contributed by atoms with Gasteiger partial charge in [0.25, 0.3) is 0 Å². The number of hydrogen-bond donors (Lipinski definition) is 1. The number of pyridine rings is 1. The third-order valence-corrected chi connectivity index (χ3v) is 4.16. The minimum atomic E-state index is 0.589. The molecule has 0 fully saturated rings. The predicted molar refractivity (Wildman–Crippen MR) is 65.1 cm³/mol. The Morgan fingerprint density at radius 3 is 2.87 bits per heavy atom. The zero-order valence-corrected chi connectivity index (χ0v) is 9.31. The van der Waals surface area contributed by atoms with Gasteiger partial charge < -0.3 is 5.73 Å². The summed E-state index contributed by atoms with van der Waals surface area (Å²) in [5.41, 5.74) is 5.80. The molecule has 0 radical (unpaired) electrons. The fourth-order valence-electron chi connectivity index (χ4n) is 1.43. The zero-order valence-electron chi connectivity index (χ0n) is 7.68. The molecule has 0 saturated carbocycles. The van der Waals surface area contributed by atoms with E-state index in [9.17, 15) is 0 Å². The SMILES string of the molecule is Nc1nccc2sc(-c3nccs3)cc12. The van der Waals surface area contributed by atoms with E-state index in [1.54, 1.807) is 28.9 Å². The fraction of sp³-hybridized carbons (Fsp3) is 0. The van der Waals surface area contributed by atoms with Gasteiger partial charge in [0.15, 0.2) is 0 Å². The van der Waals surface area contributed by atoms with Crippen molar-refractivity contribution in [1.82, 2.24) is 9.97 Å². The van der Waals surface area contributed by atoms with E-state index < -0.39 is 0 Å². The van der Waals surface area contributed by atoms with Gasteiger partial charge in [-0.15, -0.1) is 22.7 Å². The smallest absolute Gasteiger partial charge is 0.133 e. The van der Waals surface area contributed by atoms with Crippen molar-refractivity contribution in [2.24, 2.45) is 0 Å². The van der Waals surface area contributed by atoms with Crippen LogP contribution in [0, 0.1) is 0 Å². The highest BCUT2D eigenvalue weighted by molar-refractivity contribution is 7.25. The number of nitrogens with zero attached hydrogens (tertiary/aromatic N) is 2. The Morgan fingerprint density at radius 2 is 2.13 bits per heavy atom. The minimum Gasteiger partial charge on any atom is -0.383 e. The fourth-order valence-corrected chi connectivity index (χ4v) is 3.21. The topological polar surface area (TPSA) is 51.8 Å². The maximum absolute atomic E-state index is 5.80. The number of hydrogen-bond acceptors (Lipinski definition) is 5. The van der Waals surface area contributed by atoms with Gasteiger partial charge in [0.2, 0.25) is 0 Å². The summed E-state index contributed by atoms with van der Waals surface area (Å²) in [7, 11) is 0. The average Bonchev–Trinajstić information content (AvgIpc) is 2.86. The van der Waals surface area contributed by atoms with Crippen molar-refractivity contribution < 1.29 is 0 Å².